The molecule has 3 heteroatoms. The zero-order chi connectivity index (χ0) is 10.7. The van der Waals surface area contributed by atoms with Crippen molar-refractivity contribution in [3.63, 3.8) is 0 Å². The van der Waals surface area contributed by atoms with E-state index in [2.05, 4.69) is 29.5 Å². The van der Waals surface area contributed by atoms with E-state index in [1.54, 1.807) is 0 Å². The Labute approximate surface area is 96.1 Å². The molecule has 15 heavy (non-hydrogen) atoms. The largest absolute Gasteiger partial charge is 0.309 e. The van der Waals surface area contributed by atoms with Crippen molar-refractivity contribution in [1.29, 1.82) is 0 Å². The van der Waals surface area contributed by atoms with Gasteiger partial charge in [-0.25, -0.2) is 4.98 Å². The molecule has 1 aliphatic carbocycles. The van der Waals surface area contributed by atoms with Gasteiger partial charge in [0, 0.05) is 24.4 Å². The fraction of sp³-hybridized carbons (Fsp3) is 0.750. The van der Waals surface area contributed by atoms with Crippen molar-refractivity contribution in [2.75, 3.05) is 0 Å². The molecule has 1 fully saturated rings. The molecule has 1 aromatic heterocycles. The highest BCUT2D eigenvalue weighted by Crippen LogP contribution is 2.33. The lowest BCUT2D eigenvalue weighted by atomic mass is 10.2. The molecule has 1 heterocycles. The van der Waals surface area contributed by atoms with E-state index in [1.165, 1.54) is 36.4 Å². The predicted octanol–water partition coefficient (Wildman–Crippen LogP) is 2.98. The number of rotatable bonds is 6. The second kappa shape index (κ2) is 5.08. The minimum Gasteiger partial charge on any atom is -0.309 e. The van der Waals surface area contributed by atoms with Gasteiger partial charge in [-0.05, 0) is 32.1 Å². The van der Waals surface area contributed by atoms with E-state index in [0.717, 1.165) is 12.5 Å². The van der Waals surface area contributed by atoms with E-state index in [-0.39, 0.29) is 0 Å². The third-order valence-electron chi connectivity index (χ3n) is 3.00. The van der Waals surface area contributed by atoms with Gasteiger partial charge in [-0.1, -0.05) is 6.92 Å². The van der Waals surface area contributed by atoms with E-state index in [1.807, 2.05) is 11.3 Å². The van der Waals surface area contributed by atoms with Gasteiger partial charge in [-0.15, -0.1) is 11.3 Å². The van der Waals surface area contributed by atoms with Crippen molar-refractivity contribution in [2.45, 2.75) is 52.1 Å². The molecule has 0 radical (unpaired) electrons. The molecule has 1 N–H and O–H groups in total. The predicted molar refractivity (Wildman–Crippen MR) is 65.1 cm³/mol. The highest BCUT2D eigenvalue weighted by atomic mass is 32.1. The maximum Gasteiger partial charge on any atom is 0.0931 e. The van der Waals surface area contributed by atoms with Gasteiger partial charge in [-0.2, -0.15) is 0 Å². The van der Waals surface area contributed by atoms with Gasteiger partial charge in [0.05, 0.1) is 10.7 Å². The van der Waals surface area contributed by atoms with Gasteiger partial charge in [0.1, 0.15) is 0 Å². The molecular weight excluding hydrogens is 204 g/mol. The van der Waals surface area contributed by atoms with Crippen LogP contribution < -0.4 is 5.32 Å². The average molecular weight is 224 g/mol. The van der Waals surface area contributed by atoms with Gasteiger partial charge in [0.25, 0.3) is 0 Å². The van der Waals surface area contributed by atoms with Crippen LogP contribution in [0.2, 0.25) is 0 Å². The quantitative estimate of drug-likeness (QED) is 0.803. The minimum atomic E-state index is 0.596. The summed E-state index contributed by atoms with van der Waals surface area (Å²) >= 11 is 1.83. The molecule has 1 atom stereocenters. The van der Waals surface area contributed by atoms with E-state index in [9.17, 15) is 0 Å². The minimum absolute atomic E-state index is 0.596. The molecule has 0 saturated heterocycles. The summed E-state index contributed by atoms with van der Waals surface area (Å²) in [4.78, 5) is 4.65. The Bertz CT molecular complexity index is 304. The molecule has 1 aromatic rings. The first-order valence-corrected chi connectivity index (χ1v) is 6.82. The molecule has 0 bridgehead atoms. The maximum absolute atomic E-state index is 4.65. The molecular formula is C12H20N2S. The number of thiazole rings is 1. The highest BCUT2D eigenvalue weighted by Gasteiger charge is 2.22. The van der Waals surface area contributed by atoms with Crippen molar-refractivity contribution < 1.29 is 0 Å². The van der Waals surface area contributed by atoms with Crippen molar-refractivity contribution in [1.82, 2.24) is 10.3 Å². The Kier molecular flexibility index (Phi) is 3.76. The van der Waals surface area contributed by atoms with Crippen molar-refractivity contribution >= 4 is 11.3 Å². The van der Waals surface area contributed by atoms with E-state index in [0.29, 0.717) is 6.04 Å². The Balaban J connectivity index is 1.78. The first-order valence-electron chi connectivity index (χ1n) is 5.94. The Morgan fingerprint density at radius 1 is 1.60 bits per heavy atom. The fourth-order valence-electron chi connectivity index (χ4n) is 1.52. The Hall–Kier alpha value is -0.410. The standard InChI is InChI=1S/C12H20N2S/c1-3-9(2)13-7-11-8-15-12(14-11)6-10-4-5-10/h8-10,13H,3-7H2,1-2H3. The normalized spacial score (nSPS) is 18.0. The molecule has 0 amide bonds. The summed E-state index contributed by atoms with van der Waals surface area (Å²) in [6, 6.07) is 0.596. The second-order valence-corrected chi connectivity index (χ2v) is 5.51. The summed E-state index contributed by atoms with van der Waals surface area (Å²) in [6.07, 6.45) is 5.23. The number of nitrogens with zero attached hydrogens (tertiary/aromatic N) is 1. The molecule has 0 aromatic carbocycles. The summed E-state index contributed by atoms with van der Waals surface area (Å²) in [5.74, 6) is 0.950. The van der Waals surface area contributed by atoms with Crippen LogP contribution in [-0.2, 0) is 13.0 Å². The van der Waals surface area contributed by atoms with Crippen molar-refractivity contribution in [2.24, 2.45) is 5.92 Å². The average Bonchev–Trinajstić information content (AvgIpc) is 2.93. The van der Waals surface area contributed by atoms with Crippen LogP contribution in [0.1, 0.15) is 43.8 Å². The first kappa shape index (κ1) is 11.1. The monoisotopic (exact) mass is 224 g/mol. The number of hydrogen-bond acceptors (Lipinski definition) is 3. The SMILES string of the molecule is CCC(C)NCc1csc(CC2CC2)n1. The summed E-state index contributed by atoms with van der Waals surface area (Å²) < 4.78 is 0. The number of nitrogens with one attached hydrogen (secondary N) is 1. The zero-order valence-electron chi connectivity index (χ0n) is 9.62. The van der Waals surface area contributed by atoms with Gasteiger partial charge in [0.15, 0.2) is 0 Å². The molecule has 84 valence electrons. The number of hydrogen-bond donors (Lipinski definition) is 1. The van der Waals surface area contributed by atoms with Gasteiger partial charge in [-0.3, -0.25) is 0 Å². The lowest BCUT2D eigenvalue weighted by molar-refractivity contribution is 0.529. The number of aromatic nitrogens is 1. The maximum atomic E-state index is 4.65. The van der Waals surface area contributed by atoms with Crippen LogP contribution >= 0.6 is 11.3 Å². The third-order valence-corrected chi connectivity index (χ3v) is 3.92. The Morgan fingerprint density at radius 3 is 3.07 bits per heavy atom. The molecule has 1 unspecified atom stereocenters. The highest BCUT2D eigenvalue weighted by molar-refractivity contribution is 7.09. The van der Waals surface area contributed by atoms with E-state index >= 15 is 0 Å². The first-order chi connectivity index (χ1) is 7.28. The summed E-state index contributed by atoms with van der Waals surface area (Å²) in [5, 5.41) is 7.01. The van der Waals surface area contributed by atoms with Crippen LogP contribution in [0.5, 0.6) is 0 Å². The van der Waals surface area contributed by atoms with Crippen LogP contribution in [0, 0.1) is 5.92 Å². The second-order valence-electron chi connectivity index (χ2n) is 4.57. The summed E-state index contributed by atoms with van der Waals surface area (Å²) in [5.41, 5.74) is 1.22. The lowest BCUT2D eigenvalue weighted by Crippen LogP contribution is -2.24. The van der Waals surface area contributed by atoms with Gasteiger partial charge < -0.3 is 5.32 Å². The van der Waals surface area contributed by atoms with Crippen LogP contribution in [0.4, 0.5) is 0 Å². The fourth-order valence-corrected chi connectivity index (χ4v) is 2.43. The molecule has 2 rings (SSSR count). The molecule has 0 aliphatic heterocycles. The van der Waals surface area contributed by atoms with Crippen molar-refractivity contribution in [3.05, 3.63) is 16.1 Å². The van der Waals surface area contributed by atoms with Gasteiger partial charge >= 0.3 is 0 Å². The van der Waals surface area contributed by atoms with Crippen molar-refractivity contribution in [3.8, 4) is 0 Å². The zero-order valence-corrected chi connectivity index (χ0v) is 10.4. The Morgan fingerprint density at radius 2 is 2.40 bits per heavy atom. The smallest absolute Gasteiger partial charge is 0.0931 e. The molecule has 0 spiro atoms. The molecule has 2 nitrogen and oxygen atoms in total. The van der Waals surface area contributed by atoms with E-state index < -0.39 is 0 Å². The van der Waals surface area contributed by atoms with Crippen LogP contribution in [-0.4, -0.2) is 11.0 Å². The third kappa shape index (κ3) is 3.58. The summed E-state index contributed by atoms with van der Waals surface area (Å²) in [7, 11) is 0. The van der Waals surface area contributed by atoms with Crippen LogP contribution in [0.3, 0.4) is 0 Å². The van der Waals surface area contributed by atoms with Gasteiger partial charge in [0.2, 0.25) is 0 Å². The van der Waals surface area contributed by atoms with Crippen LogP contribution in [0.25, 0.3) is 0 Å². The lowest BCUT2D eigenvalue weighted by Gasteiger charge is -2.08. The van der Waals surface area contributed by atoms with Crippen LogP contribution in [0.15, 0.2) is 5.38 Å². The topological polar surface area (TPSA) is 24.9 Å². The molecule has 1 saturated carbocycles. The van der Waals surface area contributed by atoms with E-state index in [4.69, 9.17) is 0 Å². The molecule has 1 aliphatic rings. The summed E-state index contributed by atoms with van der Waals surface area (Å²) in [6.45, 7) is 5.35.